The molecule has 0 amide bonds. The molecule has 0 heterocycles. The van der Waals surface area contributed by atoms with Crippen LogP contribution in [0.3, 0.4) is 0 Å². The molecular weight excluding hydrogens is 238 g/mol. The average molecular weight is 241 g/mol. The van der Waals surface area contributed by atoms with Crippen LogP contribution in [0.2, 0.25) is 0 Å². The van der Waals surface area contributed by atoms with Gasteiger partial charge in [-0.2, -0.15) is 0 Å². The van der Waals surface area contributed by atoms with E-state index in [1.807, 2.05) is 0 Å². The van der Waals surface area contributed by atoms with Gasteiger partial charge in [0.25, 0.3) is 0 Å². The van der Waals surface area contributed by atoms with Crippen molar-refractivity contribution in [2.45, 2.75) is 6.18 Å². The summed E-state index contributed by atoms with van der Waals surface area (Å²) in [6.45, 7) is 2.76. The Morgan fingerprint density at radius 3 is 1.50 bits per heavy atom. The molecule has 0 nitrogen and oxygen atoms in total. The van der Waals surface area contributed by atoms with Crippen molar-refractivity contribution >= 4 is 17.0 Å². The van der Waals surface area contributed by atoms with Crippen LogP contribution in [-0.2, 0) is 18.3 Å². The quantitative estimate of drug-likeness (QED) is 0.570. The number of hydrogen-bond acceptors (Lipinski definition) is 0. The molecule has 0 aliphatic rings. The Kier molecular flexibility index (Phi) is 5.17. The van der Waals surface area contributed by atoms with Crippen LogP contribution < -0.4 is 0 Å². The molecule has 5 heteroatoms. The van der Waals surface area contributed by atoms with E-state index in [9.17, 15) is 13.2 Å². The Balaban J connectivity index is 0. The fraction of sp³-hybridized carbons (Fsp3) is 0.333. The predicted octanol–water partition coefficient (Wildman–Crippen LogP) is 2.19. The van der Waals surface area contributed by atoms with E-state index in [-0.39, 0.29) is 35.3 Å². The topological polar surface area (TPSA) is 0 Å². The van der Waals surface area contributed by atoms with Crippen LogP contribution in [0.15, 0.2) is 10.7 Å². The van der Waals surface area contributed by atoms with Gasteiger partial charge in [-0.3, -0.25) is 0 Å². The number of halogens is 4. The summed E-state index contributed by atoms with van der Waals surface area (Å²) < 4.78 is 32.7. The molecular formula is C3H3BrF3Zn. The van der Waals surface area contributed by atoms with Gasteiger partial charge in [-0.25, -0.2) is 0 Å². The summed E-state index contributed by atoms with van der Waals surface area (Å²) >= 11 is 0.101. The van der Waals surface area contributed by atoms with Crippen molar-refractivity contribution in [2.75, 3.05) is 0 Å². The second-order valence-electron chi connectivity index (χ2n) is 1.10. The van der Waals surface area contributed by atoms with Gasteiger partial charge in [-0.15, -0.1) is 17.0 Å². The SMILES string of the molecule is Br.C=[C]([Zn])C(F)(F)F. The second-order valence-corrected chi connectivity index (χ2v) is 2.89. The normalized spacial score (nSPS) is 10.1. The zero-order valence-corrected chi connectivity index (χ0v) is 8.64. The van der Waals surface area contributed by atoms with Crippen LogP contribution in [0, 0.1) is 0 Å². The third-order valence-electron chi connectivity index (χ3n) is 0.401. The van der Waals surface area contributed by atoms with E-state index in [0.717, 1.165) is 0 Å². The van der Waals surface area contributed by atoms with E-state index < -0.39 is 10.3 Å². The number of alkyl halides is 3. The number of hydrogen-bond donors (Lipinski definition) is 0. The van der Waals surface area contributed by atoms with Crippen molar-refractivity contribution in [2.24, 2.45) is 0 Å². The Morgan fingerprint density at radius 1 is 1.38 bits per heavy atom. The van der Waals surface area contributed by atoms with Crippen LogP contribution in [-0.4, -0.2) is 6.18 Å². The molecule has 0 saturated heterocycles. The molecule has 0 aliphatic heterocycles. The maximum absolute atomic E-state index is 11.1. The molecule has 0 aromatic heterocycles. The fourth-order valence-corrected chi connectivity index (χ4v) is 0. The zero-order chi connectivity index (χ0) is 6.08. The second kappa shape index (κ2) is 3.62. The minimum atomic E-state index is -4.14. The first-order valence-corrected chi connectivity index (χ1v) is 3.01. The maximum atomic E-state index is 11.1. The Labute approximate surface area is 65.6 Å². The van der Waals surface area contributed by atoms with Crippen LogP contribution in [0.1, 0.15) is 0 Å². The van der Waals surface area contributed by atoms with Gasteiger partial charge in [-0.1, -0.05) is 0 Å². The minimum absolute atomic E-state index is 0. The third-order valence-corrected chi connectivity index (χ3v) is 1.24. The summed E-state index contributed by atoms with van der Waals surface area (Å²) in [6, 6.07) is 0. The first kappa shape index (κ1) is 11.4. The summed E-state index contributed by atoms with van der Waals surface area (Å²) in [5.74, 6) is 0. The first-order chi connectivity index (χ1) is 2.94. The van der Waals surface area contributed by atoms with E-state index in [2.05, 4.69) is 6.58 Å². The fourth-order valence-electron chi connectivity index (χ4n) is 0. The van der Waals surface area contributed by atoms with E-state index in [0.29, 0.717) is 0 Å². The van der Waals surface area contributed by atoms with Gasteiger partial charge in [0.15, 0.2) is 0 Å². The molecule has 0 unspecified atom stereocenters. The van der Waals surface area contributed by atoms with Crippen LogP contribution >= 0.6 is 17.0 Å². The van der Waals surface area contributed by atoms with Gasteiger partial charge in [-0.05, 0) is 0 Å². The molecule has 0 aromatic carbocycles. The molecule has 0 spiro atoms. The molecule has 0 saturated carbocycles. The molecule has 0 bridgehead atoms. The molecule has 0 fully saturated rings. The molecule has 0 N–H and O–H groups in total. The van der Waals surface area contributed by atoms with Crippen molar-refractivity contribution in [3.05, 3.63) is 10.7 Å². The summed E-state index contributed by atoms with van der Waals surface area (Å²) in [5, 5.41) is 0. The van der Waals surface area contributed by atoms with Crippen LogP contribution in [0.5, 0.6) is 0 Å². The number of allylic oxidation sites excluding steroid dienone is 1. The van der Waals surface area contributed by atoms with Gasteiger partial charge in [0.05, 0.1) is 0 Å². The standard InChI is InChI=1S/C3H2F3.BrH.Zn/c1-2-3(4,5)6;;/h1H2;1H;. The van der Waals surface area contributed by atoms with Gasteiger partial charge in [0.2, 0.25) is 0 Å². The predicted molar refractivity (Wildman–Crippen MR) is 25.5 cm³/mol. The summed E-state index contributed by atoms with van der Waals surface area (Å²) in [5.41, 5.74) is 0. The summed E-state index contributed by atoms with van der Waals surface area (Å²) in [7, 11) is 0. The monoisotopic (exact) mass is 239 g/mol. The van der Waals surface area contributed by atoms with Gasteiger partial charge >= 0.3 is 48.4 Å². The van der Waals surface area contributed by atoms with Crippen LogP contribution in [0.25, 0.3) is 0 Å². The third kappa shape index (κ3) is 4.78. The van der Waals surface area contributed by atoms with Gasteiger partial charge < -0.3 is 0 Å². The first-order valence-electron chi connectivity index (χ1n) is 1.52. The van der Waals surface area contributed by atoms with E-state index >= 15 is 0 Å². The summed E-state index contributed by atoms with van der Waals surface area (Å²) in [6.07, 6.45) is -4.14. The Bertz CT molecular complexity index is 87.0. The van der Waals surface area contributed by atoms with Crippen LogP contribution in [0.4, 0.5) is 13.2 Å². The molecule has 0 radical (unpaired) electrons. The average Bonchev–Trinajstić information content (AvgIpc) is 1.31. The van der Waals surface area contributed by atoms with Crippen molar-refractivity contribution in [3.63, 3.8) is 0 Å². The van der Waals surface area contributed by atoms with Crippen molar-refractivity contribution in [3.8, 4) is 0 Å². The summed E-state index contributed by atoms with van der Waals surface area (Å²) in [4.78, 5) is 0. The molecule has 45 valence electrons. The van der Waals surface area contributed by atoms with E-state index in [4.69, 9.17) is 0 Å². The zero-order valence-electron chi connectivity index (χ0n) is 3.96. The van der Waals surface area contributed by atoms with Crippen molar-refractivity contribution < 1.29 is 31.5 Å². The van der Waals surface area contributed by atoms with Gasteiger partial charge in [0.1, 0.15) is 0 Å². The van der Waals surface area contributed by atoms with Crippen molar-refractivity contribution in [1.82, 2.24) is 0 Å². The number of rotatable bonds is 0. The molecule has 8 heavy (non-hydrogen) atoms. The van der Waals surface area contributed by atoms with E-state index in [1.54, 1.807) is 0 Å². The van der Waals surface area contributed by atoms with E-state index in [1.165, 1.54) is 0 Å². The molecule has 0 aliphatic carbocycles. The Morgan fingerprint density at radius 2 is 1.50 bits per heavy atom. The molecule has 0 rings (SSSR count). The van der Waals surface area contributed by atoms with Gasteiger partial charge in [0, 0.05) is 0 Å². The molecule has 0 aromatic rings. The van der Waals surface area contributed by atoms with Crippen molar-refractivity contribution in [1.29, 1.82) is 0 Å². The molecule has 0 atom stereocenters. The Hall–Kier alpha value is 0.633.